The smallest absolute Gasteiger partial charge is 0.294 e. The van der Waals surface area contributed by atoms with Crippen LogP contribution in [-0.4, -0.2) is 46.8 Å². The minimum absolute atomic E-state index is 0.0540. The van der Waals surface area contributed by atoms with Gasteiger partial charge in [0.1, 0.15) is 11.4 Å². The fourth-order valence-electron chi connectivity index (χ4n) is 4.70. The lowest BCUT2D eigenvalue weighted by Gasteiger charge is -2.28. The number of aryl methyl sites for hydroxylation is 1. The molecule has 2 aromatic carbocycles. The van der Waals surface area contributed by atoms with Crippen LogP contribution in [-0.2, 0) is 9.53 Å². The Morgan fingerprint density at radius 2 is 1.78 bits per heavy atom. The van der Waals surface area contributed by atoms with E-state index in [-0.39, 0.29) is 16.5 Å². The van der Waals surface area contributed by atoms with Crippen LogP contribution in [0.25, 0.3) is 11.8 Å². The van der Waals surface area contributed by atoms with E-state index in [9.17, 15) is 14.9 Å². The van der Waals surface area contributed by atoms with Crippen LogP contribution in [0.1, 0.15) is 17.0 Å². The highest BCUT2D eigenvalue weighted by Gasteiger charge is 2.32. The summed E-state index contributed by atoms with van der Waals surface area (Å²) < 4.78 is 7.34. The number of hydrogen-bond donors (Lipinski definition) is 1. The van der Waals surface area contributed by atoms with E-state index < -0.39 is 0 Å². The van der Waals surface area contributed by atoms with Crippen LogP contribution in [0.2, 0.25) is 0 Å². The number of nitro benzene ring substituents is 1. The van der Waals surface area contributed by atoms with Gasteiger partial charge in [0.2, 0.25) is 0 Å². The van der Waals surface area contributed by atoms with Gasteiger partial charge in [-0.25, -0.2) is 0 Å². The lowest BCUT2D eigenvalue weighted by atomic mass is 10.2. The Labute approximate surface area is 213 Å². The number of thiocarbonyl (C=S) groups is 1. The SMILES string of the molecule is Cc1cc(/C=C2\NC(=S)N(c3ccccc3)C2=O)c(C)n1-c1ccc(N2CCOCC2)c([N+](=O)[O-])c1. The highest BCUT2D eigenvalue weighted by atomic mass is 32.1. The molecule has 1 aromatic heterocycles. The minimum Gasteiger partial charge on any atom is -0.378 e. The fourth-order valence-corrected chi connectivity index (χ4v) is 5.00. The molecule has 10 heteroatoms. The Bertz CT molecular complexity index is 1390. The van der Waals surface area contributed by atoms with Crippen LogP contribution in [0.4, 0.5) is 17.1 Å². The lowest BCUT2D eigenvalue weighted by molar-refractivity contribution is -0.384. The summed E-state index contributed by atoms with van der Waals surface area (Å²) in [5.74, 6) is -0.235. The van der Waals surface area contributed by atoms with E-state index in [2.05, 4.69) is 5.32 Å². The molecule has 3 heterocycles. The lowest BCUT2D eigenvalue weighted by Crippen LogP contribution is -2.36. The summed E-state index contributed by atoms with van der Waals surface area (Å²) in [6, 6.07) is 16.5. The van der Waals surface area contributed by atoms with E-state index in [1.54, 1.807) is 18.2 Å². The van der Waals surface area contributed by atoms with E-state index in [0.717, 1.165) is 17.0 Å². The second kappa shape index (κ2) is 9.56. The summed E-state index contributed by atoms with van der Waals surface area (Å²) >= 11 is 5.41. The van der Waals surface area contributed by atoms with Crippen molar-refractivity contribution in [3.63, 3.8) is 0 Å². The number of benzene rings is 2. The van der Waals surface area contributed by atoms with Gasteiger partial charge in [0.05, 0.1) is 29.5 Å². The van der Waals surface area contributed by atoms with Crippen LogP contribution in [0.5, 0.6) is 0 Å². The minimum atomic E-state index is -0.342. The van der Waals surface area contributed by atoms with Crippen LogP contribution in [0, 0.1) is 24.0 Å². The first-order valence-corrected chi connectivity index (χ1v) is 12.0. The summed E-state index contributed by atoms with van der Waals surface area (Å²) in [6.45, 7) is 6.18. The van der Waals surface area contributed by atoms with Crippen LogP contribution in [0.15, 0.2) is 60.3 Å². The van der Waals surface area contributed by atoms with Crippen molar-refractivity contribution in [1.29, 1.82) is 0 Å². The summed E-state index contributed by atoms with van der Waals surface area (Å²) in [4.78, 5) is 28.2. The largest absolute Gasteiger partial charge is 0.378 e. The predicted octanol–water partition coefficient (Wildman–Crippen LogP) is 4.10. The Morgan fingerprint density at radius 1 is 1.06 bits per heavy atom. The van der Waals surface area contributed by atoms with Gasteiger partial charge in [-0.1, -0.05) is 18.2 Å². The number of ether oxygens (including phenoxy) is 1. The third-order valence-corrected chi connectivity index (χ3v) is 6.71. The highest BCUT2D eigenvalue weighted by molar-refractivity contribution is 7.80. The predicted molar refractivity (Wildman–Crippen MR) is 143 cm³/mol. The Hall–Kier alpha value is -4.02. The first kappa shape index (κ1) is 23.7. The quantitative estimate of drug-likeness (QED) is 0.243. The van der Waals surface area contributed by atoms with Crippen molar-refractivity contribution in [2.24, 2.45) is 0 Å². The van der Waals surface area contributed by atoms with E-state index in [1.807, 2.05) is 65.8 Å². The number of carbonyl (C=O) groups is 1. The maximum Gasteiger partial charge on any atom is 0.294 e. The molecule has 2 saturated heterocycles. The standard InChI is InChI=1S/C26H25N5O4S/c1-17-14-19(15-22-25(32)30(26(36)27-22)20-6-4-3-5-7-20)18(2)29(17)21-8-9-23(24(16-21)31(33)34)28-10-12-35-13-11-28/h3-9,14-16H,10-13H2,1-2H3,(H,27,36)/b22-15-. The van der Waals surface area contributed by atoms with Gasteiger partial charge >= 0.3 is 0 Å². The van der Waals surface area contributed by atoms with Gasteiger partial charge in [-0.3, -0.25) is 19.8 Å². The molecule has 2 fully saturated rings. The van der Waals surface area contributed by atoms with Gasteiger partial charge < -0.3 is 19.5 Å². The topological polar surface area (TPSA) is 92.9 Å². The maximum absolute atomic E-state index is 13.1. The molecule has 0 spiro atoms. The normalized spacial score (nSPS) is 17.1. The first-order chi connectivity index (χ1) is 17.3. The number of amides is 1. The molecule has 0 radical (unpaired) electrons. The van der Waals surface area contributed by atoms with Gasteiger partial charge in [-0.2, -0.15) is 0 Å². The number of carbonyl (C=O) groups excluding carboxylic acids is 1. The maximum atomic E-state index is 13.1. The van der Waals surface area contributed by atoms with Gasteiger partial charge in [-0.15, -0.1) is 0 Å². The summed E-state index contributed by atoms with van der Waals surface area (Å²) in [7, 11) is 0. The number of rotatable bonds is 5. The number of nitrogens with one attached hydrogen (secondary N) is 1. The second-order valence-corrected chi connectivity index (χ2v) is 9.04. The number of hydrogen-bond acceptors (Lipinski definition) is 6. The summed E-state index contributed by atoms with van der Waals surface area (Å²) in [6.07, 6.45) is 1.77. The molecule has 0 atom stereocenters. The van der Waals surface area contributed by atoms with Gasteiger partial charge in [0, 0.05) is 30.5 Å². The molecule has 0 saturated carbocycles. The van der Waals surface area contributed by atoms with Crippen molar-refractivity contribution >= 4 is 46.4 Å². The summed E-state index contributed by atoms with van der Waals surface area (Å²) in [5.41, 5.74) is 4.96. The van der Waals surface area contributed by atoms with Gasteiger partial charge in [0.25, 0.3) is 11.6 Å². The molecule has 3 aromatic rings. The fraction of sp³-hybridized carbons (Fsp3) is 0.231. The monoisotopic (exact) mass is 503 g/mol. The molecular formula is C26H25N5O4S. The highest BCUT2D eigenvalue weighted by Crippen LogP contribution is 2.33. The Balaban J connectivity index is 1.49. The van der Waals surface area contributed by atoms with Crippen LogP contribution >= 0.6 is 12.2 Å². The second-order valence-electron chi connectivity index (χ2n) is 8.66. The third kappa shape index (κ3) is 4.25. The van der Waals surface area contributed by atoms with E-state index in [4.69, 9.17) is 17.0 Å². The van der Waals surface area contributed by atoms with Crippen LogP contribution < -0.4 is 15.1 Å². The van der Waals surface area contributed by atoms with Crippen molar-refractivity contribution in [2.45, 2.75) is 13.8 Å². The number of aromatic nitrogens is 1. The van der Waals surface area contributed by atoms with Crippen molar-refractivity contribution < 1.29 is 14.5 Å². The molecule has 5 rings (SSSR count). The van der Waals surface area contributed by atoms with Crippen LogP contribution in [0.3, 0.4) is 0 Å². The molecular weight excluding hydrogens is 478 g/mol. The molecule has 184 valence electrons. The zero-order valence-corrected chi connectivity index (χ0v) is 20.7. The van der Waals surface area contributed by atoms with Gasteiger partial charge in [-0.05, 0) is 68.0 Å². The molecule has 1 amide bonds. The Kier molecular flexibility index (Phi) is 6.29. The van der Waals surface area contributed by atoms with Crippen molar-refractivity contribution in [3.05, 3.63) is 87.4 Å². The molecule has 2 aliphatic heterocycles. The average Bonchev–Trinajstić information content (AvgIpc) is 3.32. The van der Waals surface area contributed by atoms with E-state index in [0.29, 0.717) is 54.2 Å². The van der Waals surface area contributed by atoms with Crippen molar-refractivity contribution in [3.8, 4) is 5.69 Å². The summed E-state index contributed by atoms with van der Waals surface area (Å²) in [5, 5.41) is 15.3. The molecule has 9 nitrogen and oxygen atoms in total. The van der Waals surface area contributed by atoms with E-state index in [1.165, 1.54) is 4.90 Å². The number of nitrogens with zero attached hydrogens (tertiary/aromatic N) is 4. The zero-order chi connectivity index (χ0) is 25.4. The Morgan fingerprint density at radius 3 is 2.47 bits per heavy atom. The van der Waals surface area contributed by atoms with Crippen molar-refractivity contribution in [1.82, 2.24) is 9.88 Å². The molecule has 36 heavy (non-hydrogen) atoms. The number of nitro groups is 1. The van der Waals surface area contributed by atoms with E-state index >= 15 is 0 Å². The van der Waals surface area contributed by atoms with Gasteiger partial charge in [0.15, 0.2) is 5.11 Å². The van der Waals surface area contributed by atoms with Crippen molar-refractivity contribution in [2.75, 3.05) is 36.1 Å². The first-order valence-electron chi connectivity index (χ1n) is 11.6. The number of para-hydroxylation sites is 1. The number of anilines is 2. The average molecular weight is 504 g/mol. The molecule has 1 N–H and O–H groups in total. The molecule has 2 aliphatic rings. The number of morpholine rings is 1. The third-order valence-electron chi connectivity index (χ3n) is 6.43. The molecule has 0 unspecified atom stereocenters. The molecule has 0 aliphatic carbocycles. The zero-order valence-electron chi connectivity index (χ0n) is 19.9. The molecule has 0 bridgehead atoms.